The molecule has 0 bridgehead atoms. The van der Waals surface area contributed by atoms with E-state index in [1.165, 1.54) is 25.1 Å². The zero-order chi connectivity index (χ0) is 19.7. The Morgan fingerprint density at radius 1 is 1.27 bits per heavy atom. The molecule has 1 rings (SSSR count). The Bertz CT molecular complexity index is 746. The normalized spacial score (nSPS) is 10.8. The third-order valence-electron chi connectivity index (χ3n) is 3.07. The molecule has 0 heterocycles. The number of aliphatic hydroxyl groups is 1. The maximum Gasteiger partial charge on any atom is 0.329 e. The van der Waals surface area contributed by atoms with Crippen LogP contribution in [0.5, 0.6) is 0 Å². The van der Waals surface area contributed by atoms with Gasteiger partial charge < -0.3 is 15.7 Å². The third kappa shape index (κ3) is 6.65. The van der Waals surface area contributed by atoms with Crippen molar-refractivity contribution < 1.29 is 24.4 Å². The minimum absolute atomic E-state index is 0.0695. The van der Waals surface area contributed by atoms with Gasteiger partial charge >= 0.3 is 11.8 Å². The van der Waals surface area contributed by atoms with Gasteiger partial charge in [0.15, 0.2) is 0 Å². The first-order valence-electron chi connectivity index (χ1n) is 7.51. The van der Waals surface area contributed by atoms with Crippen molar-refractivity contribution in [3.63, 3.8) is 0 Å². The van der Waals surface area contributed by atoms with Crippen LogP contribution in [-0.4, -0.2) is 46.6 Å². The van der Waals surface area contributed by atoms with Crippen molar-refractivity contribution in [2.75, 3.05) is 18.5 Å². The summed E-state index contributed by atoms with van der Waals surface area (Å²) in [7, 11) is 0. The van der Waals surface area contributed by atoms with E-state index < -0.39 is 22.6 Å². The van der Waals surface area contributed by atoms with Crippen LogP contribution in [0.4, 0.5) is 11.4 Å². The summed E-state index contributed by atoms with van der Waals surface area (Å²) >= 11 is 0. The molecule has 1 aromatic carbocycles. The number of aryl methyl sites for hydroxylation is 1. The standard InChI is InChI=1S/C15H19N5O6/c1-9-3-4-11(20(25)26)8-12(9)17-13(22)7-10(2)18-19-15(24)14(23)16-5-6-21/h3-4,8,21H,5-7H2,1-2H3,(H,16,23)(H,17,22)(H,19,24)/b18-10+. The molecular formula is C15H19N5O6. The zero-order valence-corrected chi connectivity index (χ0v) is 14.2. The number of benzene rings is 1. The van der Waals surface area contributed by atoms with E-state index in [4.69, 9.17) is 5.11 Å². The van der Waals surface area contributed by atoms with Crippen LogP contribution in [0.15, 0.2) is 23.3 Å². The lowest BCUT2D eigenvalue weighted by molar-refractivity contribution is -0.384. The Morgan fingerprint density at radius 3 is 2.58 bits per heavy atom. The van der Waals surface area contributed by atoms with Crippen LogP contribution in [0, 0.1) is 17.0 Å². The minimum atomic E-state index is -1.03. The van der Waals surface area contributed by atoms with Crippen molar-refractivity contribution >= 4 is 34.8 Å². The summed E-state index contributed by atoms with van der Waals surface area (Å²) in [6.07, 6.45) is -0.194. The topological polar surface area (TPSA) is 163 Å². The van der Waals surface area contributed by atoms with Crippen LogP contribution < -0.4 is 16.1 Å². The van der Waals surface area contributed by atoms with E-state index in [1.54, 1.807) is 6.92 Å². The third-order valence-corrected chi connectivity index (χ3v) is 3.07. The molecule has 0 atom stereocenters. The second-order valence-corrected chi connectivity index (χ2v) is 5.25. The van der Waals surface area contributed by atoms with Crippen LogP contribution in [0.2, 0.25) is 0 Å². The SMILES string of the molecule is C/C(CC(=O)Nc1cc([N+](=O)[O-])ccc1C)=N\NC(=O)C(=O)NCCO. The lowest BCUT2D eigenvalue weighted by Crippen LogP contribution is -2.39. The maximum atomic E-state index is 12.0. The molecule has 0 radical (unpaired) electrons. The van der Waals surface area contributed by atoms with E-state index in [1.807, 2.05) is 5.43 Å². The molecular weight excluding hydrogens is 346 g/mol. The summed E-state index contributed by atoms with van der Waals surface area (Å²) in [5.41, 5.74) is 2.98. The molecule has 11 heteroatoms. The van der Waals surface area contributed by atoms with Crippen molar-refractivity contribution in [3.8, 4) is 0 Å². The highest BCUT2D eigenvalue weighted by Crippen LogP contribution is 2.21. The number of nitro groups is 1. The summed E-state index contributed by atoms with van der Waals surface area (Å²) in [6.45, 7) is 2.77. The summed E-state index contributed by atoms with van der Waals surface area (Å²) in [5, 5.41) is 27.6. The van der Waals surface area contributed by atoms with E-state index in [9.17, 15) is 24.5 Å². The molecule has 0 spiro atoms. The number of nitrogens with one attached hydrogen (secondary N) is 3. The number of carbonyl (C=O) groups excluding carboxylic acids is 3. The van der Waals surface area contributed by atoms with E-state index in [0.717, 1.165) is 0 Å². The highest BCUT2D eigenvalue weighted by atomic mass is 16.6. The van der Waals surface area contributed by atoms with E-state index in [0.29, 0.717) is 11.3 Å². The quantitative estimate of drug-likeness (QED) is 0.227. The number of hydrogen-bond donors (Lipinski definition) is 4. The molecule has 4 N–H and O–H groups in total. The van der Waals surface area contributed by atoms with Gasteiger partial charge in [0.2, 0.25) is 5.91 Å². The van der Waals surface area contributed by atoms with Crippen molar-refractivity contribution in [1.82, 2.24) is 10.7 Å². The minimum Gasteiger partial charge on any atom is -0.395 e. The molecule has 1 aromatic rings. The maximum absolute atomic E-state index is 12.0. The van der Waals surface area contributed by atoms with Crippen LogP contribution in [0.3, 0.4) is 0 Å². The number of nitrogens with zero attached hydrogens (tertiary/aromatic N) is 2. The van der Waals surface area contributed by atoms with Gasteiger partial charge in [0.25, 0.3) is 5.69 Å². The highest BCUT2D eigenvalue weighted by molar-refractivity contribution is 6.35. The van der Waals surface area contributed by atoms with Crippen LogP contribution in [0.1, 0.15) is 18.9 Å². The first kappa shape index (κ1) is 20.7. The van der Waals surface area contributed by atoms with E-state index >= 15 is 0 Å². The Labute approximate surface area is 148 Å². The van der Waals surface area contributed by atoms with Crippen molar-refractivity contribution in [3.05, 3.63) is 33.9 Å². The van der Waals surface area contributed by atoms with Gasteiger partial charge in [-0.3, -0.25) is 24.5 Å². The first-order valence-corrected chi connectivity index (χ1v) is 7.51. The number of hydrogen-bond acceptors (Lipinski definition) is 7. The Hall–Kier alpha value is -3.34. The molecule has 0 saturated carbocycles. The van der Waals surface area contributed by atoms with Gasteiger partial charge in [-0.05, 0) is 19.4 Å². The summed E-state index contributed by atoms with van der Waals surface area (Å²) < 4.78 is 0. The molecule has 0 aliphatic carbocycles. The number of aliphatic hydroxyl groups excluding tert-OH is 1. The molecule has 0 saturated heterocycles. The monoisotopic (exact) mass is 365 g/mol. The number of hydrazone groups is 1. The Balaban J connectivity index is 2.62. The van der Waals surface area contributed by atoms with Crippen molar-refractivity contribution in [2.24, 2.45) is 5.10 Å². The van der Waals surface area contributed by atoms with E-state index in [-0.39, 0.29) is 31.0 Å². The second-order valence-electron chi connectivity index (χ2n) is 5.25. The summed E-state index contributed by atoms with van der Waals surface area (Å²) in [6, 6.07) is 4.09. The lowest BCUT2D eigenvalue weighted by Gasteiger charge is -2.08. The molecule has 0 unspecified atom stereocenters. The van der Waals surface area contributed by atoms with Gasteiger partial charge in [0, 0.05) is 24.4 Å². The first-order chi connectivity index (χ1) is 12.2. The molecule has 0 aromatic heterocycles. The molecule has 0 aliphatic rings. The number of nitro benzene ring substituents is 1. The zero-order valence-electron chi connectivity index (χ0n) is 14.2. The van der Waals surface area contributed by atoms with Gasteiger partial charge in [-0.25, -0.2) is 5.43 Å². The van der Waals surface area contributed by atoms with Crippen molar-refractivity contribution in [1.29, 1.82) is 0 Å². The Morgan fingerprint density at radius 2 is 1.96 bits per heavy atom. The Kier molecular flexibility index (Phi) is 7.83. The fourth-order valence-electron chi connectivity index (χ4n) is 1.77. The number of carbonyl (C=O) groups is 3. The molecule has 11 nitrogen and oxygen atoms in total. The van der Waals surface area contributed by atoms with Gasteiger partial charge in [-0.2, -0.15) is 5.10 Å². The predicted molar refractivity (Wildman–Crippen MR) is 92.4 cm³/mol. The van der Waals surface area contributed by atoms with Crippen LogP contribution in [-0.2, 0) is 14.4 Å². The average molecular weight is 365 g/mol. The van der Waals surface area contributed by atoms with Crippen LogP contribution in [0.25, 0.3) is 0 Å². The van der Waals surface area contributed by atoms with Crippen molar-refractivity contribution in [2.45, 2.75) is 20.3 Å². The van der Waals surface area contributed by atoms with Gasteiger partial charge in [-0.1, -0.05) is 6.07 Å². The number of amides is 3. The fraction of sp³-hybridized carbons (Fsp3) is 0.333. The second kappa shape index (κ2) is 9.84. The van der Waals surface area contributed by atoms with Gasteiger partial charge in [0.1, 0.15) is 0 Å². The summed E-state index contributed by atoms with van der Waals surface area (Å²) in [4.78, 5) is 44.9. The summed E-state index contributed by atoms with van der Waals surface area (Å²) in [5.74, 6) is -2.49. The van der Waals surface area contributed by atoms with E-state index in [2.05, 4.69) is 15.7 Å². The van der Waals surface area contributed by atoms with Gasteiger partial charge in [-0.15, -0.1) is 0 Å². The number of anilines is 1. The fourth-order valence-corrected chi connectivity index (χ4v) is 1.77. The molecule has 0 aliphatic heterocycles. The number of non-ortho nitro benzene ring substituents is 1. The molecule has 140 valence electrons. The highest BCUT2D eigenvalue weighted by Gasteiger charge is 2.14. The smallest absolute Gasteiger partial charge is 0.329 e. The lowest BCUT2D eigenvalue weighted by atomic mass is 10.1. The number of rotatable bonds is 7. The largest absolute Gasteiger partial charge is 0.395 e. The molecule has 0 fully saturated rings. The van der Waals surface area contributed by atoms with Crippen LogP contribution >= 0.6 is 0 Å². The molecule has 3 amide bonds. The van der Waals surface area contributed by atoms with Gasteiger partial charge in [0.05, 0.1) is 23.6 Å². The average Bonchev–Trinajstić information content (AvgIpc) is 2.59. The predicted octanol–water partition coefficient (Wildman–Crippen LogP) is -0.168. The molecule has 26 heavy (non-hydrogen) atoms.